The van der Waals surface area contributed by atoms with Crippen molar-refractivity contribution in [2.45, 2.75) is 38.1 Å². The Morgan fingerprint density at radius 3 is 2.64 bits per heavy atom. The summed E-state index contributed by atoms with van der Waals surface area (Å²) in [6.07, 6.45) is 9.34. The first-order chi connectivity index (χ1) is 10.6. The van der Waals surface area contributed by atoms with Crippen molar-refractivity contribution in [3.63, 3.8) is 0 Å². The Balaban J connectivity index is 2.29. The molecule has 1 saturated heterocycles. The highest BCUT2D eigenvalue weighted by Gasteiger charge is 2.31. The highest BCUT2D eigenvalue weighted by molar-refractivity contribution is 7.89. The minimum atomic E-state index is -3.32. The van der Waals surface area contributed by atoms with Crippen LogP contribution in [0.15, 0.2) is 24.3 Å². The van der Waals surface area contributed by atoms with Gasteiger partial charge in [0.25, 0.3) is 0 Å². The SMILES string of the molecule is C#CCCS(=O)(=O)N1CCCCC[C@@H]1c1ccc(OC)cc1. The van der Waals surface area contributed by atoms with Crippen molar-refractivity contribution in [3.05, 3.63) is 29.8 Å². The molecule has 1 heterocycles. The largest absolute Gasteiger partial charge is 0.497 e. The normalized spacial score (nSPS) is 20.1. The van der Waals surface area contributed by atoms with Crippen LogP contribution in [-0.4, -0.2) is 32.1 Å². The number of rotatable bonds is 5. The van der Waals surface area contributed by atoms with Gasteiger partial charge >= 0.3 is 0 Å². The predicted molar refractivity (Wildman–Crippen MR) is 88.1 cm³/mol. The van der Waals surface area contributed by atoms with E-state index in [0.717, 1.165) is 37.0 Å². The highest BCUT2D eigenvalue weighted by atomic mass is 32.2. The summed E-state index contributed by atoms with van der Waals surface area (Å²) in [6, 6.07) is 7.58. The summed E-state index contributed by atoms with van der Waals surface area (Å²) in [5.41, 5.74) is 1.02. The summed E-state index contributed by atoms with van der Waals surface area (Å²) in [6.45, 7) is 0.573. The second kappa shape index (κ2) is 7.66. The topological polar surface area (TPSA) is 46.6 Å². The molecule has 5 heteroatoms. The van der Waals surface area contributed by atoms with Crippen LogP contribution in [0.3, 0.4) is 0 Å². The van der Waals surface area contributed by atoms with E-state index in [9.17, 15) is 8.42 Å². The molecule has 0 radical (unpaired) electrons. The Hall–Kier alpha value is -1.51. The van der Waals surface area contributed by atoms with E-state index in [4.69, 9.17) is 11.2 Å². The van der Waals surface area contributed by atoms with Gasteiger partial charge in [-0.25, -0.2) is 8.42 Å². The maximum Gasteiger partial charge on any atom is 0.215 e. The third-order valence-corrected chi connectivity index (χ3v) is 5.94. The molecule has 0 saturated carbocycles. The minimum absolute atomic E-state index is 0.0240. The third kappa shape index (κ3) is 4.02. The molecule has 1 aliphatic rings. The summed E-state index contributed by atoms with van der Waals surface area (Å²) >= 11 is 0. The Morgan fingerprint density at radius 2 is 2.00 bits per heavy atom. The summed E-state index contributed by atoms with van der Waals surface area (Å²) in [5, 5.41) is 0. The summed E-state index contributed by atoms with van der Waals surface area (Å²) < 4.78 is 32.0. The zero-order chi connectivity index (χ0) is 16.0. The molecule has 22 heavy (non-hydrogen) atoms. The average molecular weight is 321 g/mol. The minimum Gasteiger partial charge on any atom is -0.497 e. The summed E-state index contributed by atoms with van der Waals surface area (Å²) in [4.78, 5) is 0. The van der Waals surface area contributed by atoms with Gasteiger partial charge in [0.05, 0.1) is 12.9 Å². The van der Waals surface area contributed by atoms with Gasteiger partial charge in [0.1, 0.15) is 5.75 Å². The molecule has 4 nitrogen and oxygen atoms in total. The molecule has 0 amide bonds. The fraction of sp³-hybridized carbons (Fsp3) is 0.529. The third-order valence-electron chi connectivity index (χ3n) is 4.07. The molecule has 120 valence electrons. The van der Waals surface area contributed by atoms with Crippen molar-refractivity contribution in [1.29, 1.82) is 0 Å². The van der Waals surface area contributed by atoms with Gasteiger partial charge in [-0.1, -0.05) is 25.0 Å². The van der Waals surface area contributed by atoms with Crippen molar-refractivity contribution in [2.75, 3.05) is 19.4 Å². The first-order valence-electron chi connectivity index (χ1n) is 7.65. The van der Waals surface area contributed by atoms with Crippen LogP contribution in [0.2, 0.25) is 0 Å². The maximum atomic E-state index is 12.6. The van der Waals surface area contributed by atoms with E-state index < -0.39 is 10.0 Å². The number of hydrogen-bond acceptors (Lipinski definition) is 3. The number of terminal acetylenes is 1. The Labute approximate surface area is 133 Å². The van der Waals surface area contributed by atoms with Gasteiger partial charge in [-0.15, -0.1) is 12.3 Å². The average Bonchev–Trinajstić information content (AvgIpc) is 2.79. The van der Waals surface area contributed by atoms with Gasteiger partial charge in [-0.2, -0.15) is 4.31 Å². The van der Waals surface area contributed by atoms with Gasteiger partial charge in [-0.05, 0) is 30.5 Å². The lowest BCUT2D eigenvalue weighted by Crippen LogP contribution is -2.36. The Morgan fingerprint density at radius 1 is 1.27 bits per heavy atom. The molecular weight excluding hydrogens is 298 g/mol. The summed E-state index contributed by atoms with van der Waals surface area (Å²) in [7, 11) is -1.70. The van der Waals surface area contributed by atoms with Crippen molar-refractivity contribution in [1.82, 2.24) is 4.31 Å². The number of ether oxygens (including phenoxy) is 1. The lowest BCUT2D eigenvalue weighted by Gasteiger charge is -2.29. The van der Waals surface area contributed by atoms with Crippen molar-refractivity contribution in [3.8, 4) is 18.1 Å². The van der Waals surface area contributed by atoms with Gasteiger partial charge in [-0.3, -0.25) is 0 Å². The van der Waals surface area contributed by atoms with E-state index in [0.29, 0.717) is 6.54 Å². The quantitative estimate of drug-likeness (QED) is 0.783. The summed E-state index contributed by atoms with van der Waals surface area (Å²) in [5.74, 6) is 3.23. The molecule has 1 aliphatic heterocycles. The number of benzene rings is 1. The molecule has 1 atom stereocenters. The molecule has 1 aromatic carbocycles. The molecule has 0 aliphatic carbocycles. The fourth-order valence-corrected chi connectivity index (χ4v) is 4.51. The van der Waals surface area contributed by atoms with Crippen LogP contribution in [0.1, 0.15) is 43.7 Å². The lowest BCUT2D eigenvalue weighted by atomic mass is 10.0. The van der Waals surface area contributed by atoms with Crippen LogP contribution in [0.5, 0.6) is 5.75 Å². The number of sulfonamides is 1. The van der Waals surface area contributed by atoms with E-state index in [-0.39, 0.29) is 18.2 Å². The zero-order valence-corrected chi connectivity index (χ0v) is 13.8. The maximum absolute atomic E-state index is 12.6. The van der Waals surface area contributed by atoms with Crippen molar-refractivity contribution < 1.29 is 13.2 Å². The van der Waals surface area contributed by atoms with Crippen LogP contribution in [0, 0.1) is 12.3 Å². The first-order valence-corrected chi connectivity index (χ1v) is 9.26. The van der Waals surface area contributed by atoms with Crippen molar-refractivity contribution >= 4 is 10.0 Å². The van der Waals surface area contributed by atoms with Gasteiger partial charge < -0.3 is 4.74 Å². The molecule has 0 aromatic heterocycles. The molecule has 0 unspecified atom stereocenters. The van der Waals surface area contributed by atoms with Crippen LogP contribution >= 0.6 is 0 Å². The number of methoxy groups -OCH3 is 1. The van der Waals surface area contributed by atoms with E-state index in [1.807, 2.05) is 24.3 Å². The molecule has 0 spiro atoms. The smallest absolute Gasteiger partial charge is 0.215 e. The van der Waals surface area contributed by atoms with Crippen LogP contribution in [0.4, 0.5) is 0 Å². The van der Waals surface area contributed by atoms with E-state index in [1.165, 1.54) is 0 Å². The second-order valence-electron chi connectivity index (χ2n) is 5.52. The van der Waals surface area contributed by atoms with Crippen LogP contribution < -0.4 is 4.74 Å². The molecule has 0 N–H and O–H groups in total. The molecular formula is C17H23NO3S. The fourth-order valence-electron chi connectivity index (χ4n) is 2.88. The Bertz CT molecular complexity index is 616. The monoisotopic (exact) mass is 321 g/mol. The number of hydrogen-bond donors (Lipinski definition) is 0. The lowest BCUT2D eigenvalue weighted by molar-refractivity contribution is 0.328. The number of nitrogens with zero attached hydrogens (tertiary/aromatic N) is 1. The molecule has 2 rings (SSSR count). The van der Waals surface area contributed by atoms with Crippen molar-refractivity contribution in [2.24, 2.45) is 0 Å². The molecule has 1 fully saturated rings. The standard InChI is InChI=1S/C17H23NO3S/c1-3-4-14-22(19,20)18-13-7-5-6-8-17(18)15-9-11-16(21-2)12-10-15/h1,9-12,17H,4-8,13-14H2,2H3/t17-/m1/s1. The van der Waals surface area contributed by atoms with Gasteiger partial charge in [0, 0.05) is 19.0 Å². The highest BCUT2D eigenvalue weighted by Crippen LogP contribution is 2.33. The van der Waals surface area contributed by atoms with Gasteiger partial charge in [0.2, 0.25) is 10.0 Å². The van der Waals surface area contributed by atoms with Crippen LogP contribution in [0.25, 0.3) is 0 Å². The van der Waals surface area contributed by atoms with Crippen LogP contribution in [-0.2, 0) is 10.0 Å². The Kier molecular flexibility index (Phi) is 5.87. The molecule has 1 aromatic rings. The zero-order valence-electron chi connectivity index (χ0n) is 13.0. The van der Waals surface area contributed by atoms with E-state index in [2.05, 4.69) is 5.92 Å². The van der Waals surface area contributed by atoms with E-state index in [1.54, 1.807) is 11.4 Å². The first kappa shape index (κ1) is 16.9. The predicted octanol–water partition coefficient (Wildman–Crippen LogP) is 2.97. The van der Waals surface area contributed by atoms with Gasteiger partial charge in [0.15, 0.2) is 0 Å². The molecule has 0 bridgehead atoms. The van der Waals surface area contributed by atoms with E-state index >= 15 is 0 Å². The second-order valence-corrected chi connectivity index (χ2v) is 7.56.